The number of hydrogen-bond donors (Lipinski definition) is 0. The number of rotatable bonds is 7. The number of aryl methyl sites for hydroxylation is 3. The van der Waals surface area contributed by atoms with Crippen molar-refractivity contribution in [1.82, 2.24) is 9.97 Å². The van der Waals surface area contributed by atoms with Gasteiger partial charge in [-0.3, -0.25) is 0 Å². The topological polar surface area (TPSA) is 25.8 Å². The fraction of sp³-hybridized carbons (Fsp3) is 0.273. The fourth-order valence-corrected chi connectivity index (χ4v) is 3.09. The normalized spacial score (nSPS) is 11.0. The van der Waals surface area contributed by atoms with E-state index in [1.165, 1.54) is 24.3 Å². The molecule has 0 radical (unpaired) electrons. The van der Waals surface area contributed by atoms with Crippen LogP contribution in [0.3, 0.4) is 0 Å². The average molecular weight is 405 g/mol. The van der Waals surface area contributed by atoms with E-state index in [1.54, 1.807) is 12.4 Å². The zero-order valence-corrected chi connectivity index (χ0v) is 16.2. The molecule has 0 fully saturated rings. The van der Waals surface area contributed by atoms with Crippen molar-refractivity contribution < 1.29 is 13.2 Å². The van der Waals surface area contributed by atoms with E-state index in [9.17, 15) is 13.2 Å². The van der Waals surface area contributed by atoms with Crippen LogP contribution in [-0.2, 0) is 19.3 Å². The number of unbranched alkanes of at least 4 members (excludes halogenated alkanes) is 1. The maximum Gasteiger partial charge on any atom is 0.142 e. The first-order valence-electron chi connectivity index (χ1n) is 9.21. The second kappa shape index (κ2) is 9.20. The van der Waals surface area contributed by atoms with Crippen LogP contribution in [0.1, 0.15) is 36.7 Å². The van der Waals surface area contributed by atoms with Gasteiger partial charge in [-0.2, -0.15) is 0 Å². The van der Waals surface area contributed by atoms with Crippen LogP contribution in [0.5, 0.6) is 0 Å². The van der Waals surface area contributed by atoms with Crippen molar-refractivity contribution in [2.24, 2.45) is 0 Å². The third-order valence-corrected chi connectivity index (χ3v) is 4.83. The summed E-state index contributed by atoms with van der Waals surface area (Å²) in [5.74, 6) is -1.58. The predicted molar refractivity (Wildman–Crippen MR) is 105 cm³/mol. The Bertz CT molecular complexity index is 935. The molecule has 0 saturated carbocycles. The predicted octanol–water partition coefficient (Wildman–Crippen LogP) is 6.34. The fourth-order valence-electron chi connectivity index (χ4n) is 2.97. The molecule has 0 spiro atoms. The minimum Gasteiger partial charge on any atom is -0.241 e. The van der Waals surface area contributed by atoms with E-state index < -0.39 is 17.5 Å². The second-order valence-corrected chi connectivity index (χ2v) is 7.08. The molecule has 0 aliphatic heterocycles. The van der Waals surface area contributed by atoms with E-state index >= 15 is 0 Å². The van der Waals surface area contributed by atoms with Crippen molar-refractivity contribution in [3.63, 3.8) is 0 Å². The van der Waals surface area contributed by atoms with Crippen molar-refractivity contribution >= 4 is 11.6 Å². The summed E-state index contributed by atoms with van der Waals surface area (Å²) in [7, 11) is 0. The van der Waals surface area contributed by atoms with Gasteiger partial charge in [0, 0.05) is 18.8 Å². The Labute approximate surface area is 167 Å². The van der Waals surface area contributed by atoms with Gasteiger partial charge in [0.05, 0.1) is 10.6 Å². The average Bonchev–Trinajstić information content (AvgIpc) is 2.68. The molecule has 0 amide bonds. The molecule has 3 rings (SSSR count). The summed E-state index contributed by atoms with van der Waals surface area (Å²) >= 11 is 5.63. The summed E-state index contributed by atoms with van der Waals surface area (Å²) in [6.45, 7) is 2.13. The summed E-state index contributed by atoms with van der Waals surface area (Å²) in [5, 5.41) is -0.0955. The van der Waals surface area contributed by atoms with Crippen LogP contribution in [0, 0.1) is 17.5 Å². The van der Waals surface area contributed by atoms with Gasteiger partial charge in [0.25, 0.3) is 0 Å². The SMILES string of the molecule is CCCCc1cnc(CCc2cc(F)c(-c3ccc(Cl)c(F)c3)c(F)c2)nc1. The molecule has 0 atom stereocenters. The van der Waals surface area contributed by atoms with Gasteiger partial charge in [-0.25, -0.2) is 23.1 Å². The largest absolute Gasteiger partial charge is 0.241 e. The molecule has 0 unspecified atom stereocenters. The smallest absolute Gasteiger partial charge is 0.142 e. The first-order valence-corrected chi connectivity index (χ1v) is 9.59. The molecule has 0 bridgehead atoms. The quantitative estimate of drug-likeness (QED) is 0.459. The Kier molecular flexibility index (Phi) is 6.68. The third-order valence-electron chi connectivity index (χ3n) is 4.53. The van der Waals surface area contributed by atoms with E-state index in [0.29, 0.717) is 24.2 Å². The second-order valence-electron chi connectivity index (χ2n) is 6.67. The Morgan fingerprint density at radius 2 is 1.50 bits per heavy atom. The van der Waals surface area contributed by atoms with Crippen molar-refractivity contribution in [2.75, 3.05) is 0 Å². The molecule has 0 aliphatic rings. The lowest BCUT2D eigenvalue weighted by atomic mass is 10.00. The number of benzene rings is 2. The monoisotopic (exact) mass is 404 g/mol. The number of halogens is 4. The van der Waals surface area contributed by atoms with E-state index in [0.717, 1.165) is 30.9 Å². The van der Waals surface area contributed by atoms with E-state index in [1.807, 2.05) is 0 Å². The van der Waals surface area contributed by atoms with Gasteiger partial charge >= 0.3 is 0 Å². The summed E-state index contributed by atoms with van der Waals surface area (Å²) < 4.78 is 42.6. The molecule has 2 nitrogen and oxygen atoms in total. The number of hydrogen-bond acceptors (Lipinski definition) is 2. The van der Waals surface area contributed by atoms with Crippen LogP contribution in [0.2, 0.25) is 5.02 Å². The molecule has 0 N–H and O–H groups in total. The number of aromatic nitrogens is 2. The van der Waals surface area contributed by atoms with Crippen LogP contribution in [0.15, 0.2) is 42.7 Å². The molecule has 0 saturated heterocycles. The third kappa shape index (κ3) is 4.90. The first-order chi connectivity index (χ1) is 13.5. The van der Waals surface area contributed by atoms with Crippen LogP contribution >= 0.6 is 11.6 Å². The van der Waals surface area contributed by atoms with Gasteiger partial charge < -0.3 is 0 Å². The van der Waals surface area contributed by atoms with Gasteiger partial charge in [0.2, 0.25) is 0 Å². The molecule has 146 valence electrons. The highest BCUT2D eigenvalue weighted by atomic mass is 35.5. The van der Waals surface area contributed by atoms with Crippen LogP contribution in [0.25, 0.3) is 11.1 Å². The van der Waals surface area contributed by atoms with Gasteiger partial charge in [0.15, 0.2) is 0 Å². The lowest BCUT2D eigenvalue weighted by Crippen LogP contribution is -2.01. The summed E-state index contributed by atoms with van der Waals surface area (Å²) in [4.78, 5) is 8.64. The highest BCUT2D eigenvalue weighted by Gasteiger charge is 2.15. The van der Waals surface area contributed by atoms with Crippen LogP contribution in [-0.4, -0.2) is 9.97 Å². The zero-order chi connectivity index (χ0) is 20.1. The zero-order valence-electron chi connectivity index (χ0n) is 15.5. The van der Waals surface area contributed by atoms with Crippen molar-refractivity contribution in [1.29, 1.82) is 0 Å². The Morgan fingerprint density at radius 3 is 2.11 bits per heavy atom. The van der Waals surface area contributed by atoms with Gasteiger partial charge in [-0.05, 0) is 60.2 Å². The standard InChI is InChI=1S/C22H20ClF3N2/c1-2-3-4-15-12-27-21(28-13-15)8-5-14-9-19(25)22(20(26)10-14)16-6-7-17(23)18(24)11-16/h6-7,9-13H,2-5,8H2,1H3. The maximum atomic E-state index is 14.5. The van der Waals surface area contributed by atoms with Gasteiger partial charge in [-0.15, -0.1) is 0 Å². The van der Waals surface area contributed by atoms with Gasteiger partial charge in [-0.1, -0.05) is 31.0 Å². The van der Waals surface area contributed by atoms with Crippen molar-refractivity contribution in [3.05, 3.63) is 82.2 Å². The van der Waals surface area contributed by atoms with E-state index in [-0.39, 0.29) is 16.1 Å². The summed E-state index contributed by atoms with van der Waals surface area (Å²) in [6.07, 6.45) is 7.62. The first kappa shape index (κ1) is 20.3. The van der Waals surface area contributed by atoms with E-state index in [2.05, 4.69) is 16.9 Å². The highest BCUT2D eigenvalue weighted by molar-refractivity contribution is 6.30. The molecule has 0 aliphatic carbocycles. The Hall–Kier alpha value is -2.40. The van der Waals surface area contributed by atoms with Gasteiger partial charge in [0.1, 0.15) is 23.3 Å². The molecule has 1 aromatic heterocycles. The number of nitrogens with zero attached hydrogens (tertiary/aromatic N) is 2. The lowest BCUT2D eigenvalue weighted by molar-refractivity contribution is 0.584. The molecule has 28 heavy (non-hydrogen) atoms. The summed E-state index contributed by atoms with van der Waals surface area (Å²) in [5.41, 5.74) is 1.42. The minimum absolute atomic E-state index is 0.0955. The molecule has 2 aromatic carbocycles. The molecule has 1 heterocycles. The Morgan fingerprint density at radius 1 is 0.821 bits per heavy atom. The lowest BCUT2D eigenvalue weighted by Gasteiger charge is -2.09. The maximum absolute atomic E-state index is 14.5. The Balaban J connectivity index is 1.73. The molecular weight excluding hydrogens is 385 g/mol. The minimum atomic E-state index is -0.743. The van der Waals surface area contributed by atoms with Crippen LogP contribution in [0.4, 0.5) is 13.2 Å². The summed E-state index contributed by atoms with van der Waals surface area (Å²) in [6, 6.07) is 6.22. The van der Waals surface area contributed by atoms with E-state index in [4.69, 9.17) is 11.6 Å². The molecule has 3 aromatic rings. The van der Waals surface area contributed by atoms with Crippen LogP contribution < -0.4 is 0 Å². The highest BCUT2D eigenvalue weighted by Crippen LogP contribution is 2.30. The molecular formula is C22H20ClF3N2. The van der Waals surface area contributed by atoms with Crippen molar-refractivity contribution in [2.45, 2.75) is 39.0 Å². The van der Waals surface area contributed by atoms with Crippen molar-refractivity contribution in [3.8, 4) is 11.1 Å². The molecule has 6 heteroatoms.